The van der Waals surface area contributed by atoms with Crippen LogP contribution in [0.15, 0.2) is 76.6 Å². The molecule has 3 rings (SSSR count). The Morgan fingerprint density at radius 1 is 0.632 bits per heavy atom. The van der Waals surface area contributed by atoms with Gasteiger partial charge in [0.05, 0.1) is 12.8 Å². The largest absolute Gasteiger partial charge is 0.265 e. The Labute approximate surface area is 115 Å². The van der Waals surface area contributed by atoms with Gasteiger partial charge < -0.3 is 0 Å². The second kappa shape index (κ2) is 15.6. The maximum Gasteiger partial charge on any atom is 0.0992 e. The Balaban J connectivity index is 0. The lowest BCUT2D eigenvalue weighted by Crippen LogP contribution is -1.65. The third kappa shape index (κ3) is 13.5. The van der Waals surface area contributed by atoms with Gasteiger partial charge in [-0.2, -0.15) is 5.11 Å². The first-order valence-electron chi connectivity index (χ1n) is 5.08. The van der Waals surface area contributed by atoms with Crippen LogP contribution >= 0.6 is 0 Å². The second-order valence-corrected chi connectivity index (χ2v) is 2.76. The minimum atomic E-state index is 0. The minimum Gasteiger partial charge on any atom is -0.265 e. The molecule has 1 aliphatic heterocycles. The highest BCUT2D eigenvalue weighted by atomic mass is 15.4. The van der Waals surface area contributed by atoms with E-state index in [1.54, 1.807) is 31.0 Å². The third-order valence-electron chi connectivity index (χ3n) is 1.49. The van der Waals surface area contributed by atoms with Crippen molar-refractivity contribution < 1.29 is 0 Å². The van der Waals surface area contributed by atoms with Gasteiger partial charge in [0, 0.05) is 24.8 Å². The van der Waals surface area contributed by atoms with Crippen LogP contribution in [0.3, 0.4) is 0 Å². The summed E-state index contributed by atoms with van der Waals surface area (Å²) in [6.45, 7) is 0.667. The van der Waals surface area contributed by atoms with E-state index in [1.165, 1.54) is 0 Å². The van der Waals surface area contributed by atoms with Crippen molar-refractivity contribution in [1.82, 2.24) is 9.97 Å². The van der Waals surface area contributed by atoms with Gasteiger partial charge in [0.2, 0.25) is 0 Å². The fourth-order valence-corrected chi connectivity index (χ4v) is 0.808. The van der Waals surface area contributed by atoms with Crippen LogP contribution in [0.2, 0.25) is 0 Å². The molecule has 5 heteroatoms. The van der Waals surface area contributed by atoms with Gasteiger partial charge in [0.15, 0.2) is 0 Å². The Hall–Kier alpha value is -2.43. The number of hydrogen-bond donors (Lipinski definition) is 0. The predicted octanol–water partition coefficient (Wildman–Crippen LogP) is 3.87. The van der Waals surface area contributed by atoms with Crippen molar-refractivity contribution in [2.75, 3.05) is 6.54 Å². The van der Waals surface area contributed by atoms with Crippen LogP contribution < -0.4 is 0 Å². The molecule has 0 aromatic carbocycles. The lowest BCUT2D eigenvalue weighted by atomic mass is 10.5. The molecule has 19 heavy (non-hydrogen) atoms. The first-order chi connectivity index (χ1) is 8.50. The summed E-state index contributed by atoms with van der Waals surface area (Å²) in [4.78, 5) is 7.57. The fourth-order valence-electron chi connectivity index (χ4n) is 0.808. The molecule has 2 aromatic heterocycles. The fraction of sp³-hybridized carbons (Fsp3) is 0.214. The van der Waals surface area contributed by atoms with Gasteiger partial charge in [-0.15, -0.1) is 5.10 Å². The van der Waals surface area contributed by atoms with Crippen molar-refractivity contribution >= 4 is 6.21 Å². The van der Waals surface area contributed by atoms with Crippen molar-refractivity contribution in [2.45, 2.75) is 14.9 Å². The van der Waals surface area contributed by atoms with Gasteiger partial charge in [-0.05, 0) is 29.5 Å². The Bertz CT molecular complexity index is 319. The first-order valence-corrected chi connectivity index (χ1v) is 5.08. The van der Waals surface area contributed by atoms with Gasteiger partial charge in [-0.3, -0.25) is 9.97 Å². The Morgan fingerprint density at radius 2 is 1.11 bits per heavy atom. The van der Waals surface area contributed by atoms with Gasteiger partial charge in [-0.25, -0.2) is 0 Å². The van der Waals surface area contributed by atoms with Crippen LogP contribution in [0.1, 0.15) is 14.9 Å². The molecule has 5 nitrogen and oxygen atoms in total. The minimum absolute atomic E-state index is 0. The molecule has 102 valence electrons. The molecule has 0 amide bonds. The summed E-state index contributed by atoms with van der Waals surface area (Å²) in [6.07, 6.45) is 8.65. The van der Waals surface area contributed by atoms with E-state index < -0.39 is 0 Å². The van der Waals surface area contributed by atoms with E-state index in [0.29, 0.717) is 6.54 Å². The highest BCUT2D eigenvalue weighted by Gasteiger charge is 1.75. The average molecular weight is 259 g/mol. The van der Waals surface area contributed by atoms with E-state index in [4.69, 9.17) is 0 Å². The van der Waals surface area contributed by atoms with Gasteiger partial charge in [0.25, 0.3) is 0 Å². The van der Waals surface area contributed by atoms with Crippen LogP contribution in [0.5, 0.6) is 0 Å². The van der Waals surface area contributed by atoms with Crippen LogP contribution in [0, 0.1) is 0 Å². The van der Waals surface area contributed by atoms with E-state index in [0.717, 1.165) is 0 Å². The molecule has 0 fully saturated rings. The highest BCUT2D eigenvalue weighted by Crippen LogP contribution is 1.80. The average Bonchev–Trinajstić information content (AvgIpc) is 3.03. The molecule has 0 atom stereocenters. The zero-order valence-corrected chi connectivity index (χ0v) is 9.29. The van der Waals surface area contributed by atoms with Crippen LogP contribution in [0.25, 0.3) is 0 Å². The number of pyridine rings is 2. The molecule has 0 saturated carbocycles. The monoisotopic (exact) mass is 259 g/mol. The van der Waals surface area contributed by atoms with E-state index >= 15 is 0 Å². The van der Waals surface area contributed by atoms with Gasteiger partial charge in [-0.1, -0.05) is 27.0 Å². The maximum atomic E-state index is 3.78. The molecule has 3 heterocycles. The summed E-state index contributed by atoms with van der Waals surface area (Å²) in [5.74, 6) is 0. The molecule has 0 spiro atoms. The van der Waals surface area contributed by atoms with Crippen molar-refractivity contribution in [3.8, 4) is 0 Å². The van der Waals surface area contributed by atoms with Gasteiger partial charge in [0.1, 0.15) is 0 Å². The molecule has 1 aliphatic rings. The summed E-state index contributed by atoms with van der Waals surface area (Å²) in [5.41, 5.74) is 0. The van der Waals surface area contributed by atoms with Crippen molar-refractivity contribution in [3.05, 3.63) is 61.2 Å². The SMILES string of the molecule is C.C.C1=NN=NC1.c1ccncc1.c1ccncc1. The quantitative estimate of drug-likeness (QED) is 0.720. The maximum absolute atomic E-state index is 3.78. The van der Waals surface area contributed by atoms with Gasteiger partial charge >= 0.3 is 0 Å². The van der Waals surface area contributed by atoms with Crippen molar-refractivity contribution in [1.29, 1.82) is 0 Å². The highest BCUT2D eigenvalue weighted by molar-refractivity contribution is 5.60. The number of aromatic nitrogens is 2. The zero-order valence-electron chi connectivity index (χ0n) is 9.29. The molecular formula is C14H21N5. The molecule has 0 unspecified atom stereocenters. The molecule has 0 bridgehead atoms. The van der Waals surface area contributed by atoms with E-state index in [9.17, 15) is 0 Å². The molecule has 0 aliphatic carbocycles. The summed E-state index contributed by atoms with van der Waals surface area (Å²) in [5, 5.41) is 10.2. The van der Waals surface area contributed by atoms with Crippen molar-refractivity contribution in [3.63, 3.8) is 0 Å². The molecule has 2 aromatic rings. The summed E-state index contributed by atoms with van der Waals surface area (Å²) in [6, 6.07) is 11.4. The number of nitrogens with zero attached hydrogens (tertiary/aromatic N) is 5. The first kappa shape index (κ1) is 18.9. The van der Waals surface area contributed by atoms with Crippen LogP contribution in [0.4, 0.5) is 0 Å². The summed E-state index contributed by atoms with van der Waals surface area (Å²) in [7, 11) is 0. The number of rotatable bonds is 0. The smallest absolute Gasteiger partial charge is 0.0992 e. The van der Waals surface area contributed by atoms with Crippen molar-refractivity contribution in [2.24, 2.45) is 15.4 Å². The lowest BCUT2D eigenvalue weighted by Gasteiger charge is -1.70. The van der Waals surface area contributed by atoms with E-state index in [2.05, 4.69) is 25.4 Å². The summed E-state index contributed by atoms with van der Waals surface area (Å²) < 4.78 is 0. The zero-order chi connectivity index (χ0) is 12.0. The lowest BCUT2D eigenvalue weighted by molar-refractivity contribution is 1.06. The van der Waals surface area contributed by atoms with E-state index in [1.807, 2.05) is 36.4 Å². The van der Waals surface area contributed by atoms with Crippen LogP contribution in [-0.2, 0) is 0 Å². The Morgan fingerprint density at radius 3 is 1.21 bits per heavy atom. The molecule has 0 N–H and O–H groups in total. The van der Waals surface area contributed by atoms with E-state index in [-0.39, 0.29) is 14.9 Å². The topological polar surface area (TPSA) is 62.9 Å². The summed E-state index contributed by atoms with van der Waals surface area (Å²) >= 11 is 0. The second-order valence-electron chi connectivity index (χ2n) is 2.76. The number of hydrogen-bond acceptors (Lipinski definition) is 5. The standard InChI is InChI=1S/2C5H5N.C2H3N3.2CH4/c2*1-2-4-6-5-3-1;1-2-4-5-3-1;;/h2*1-5H;1H,2H2;2*1H4. The molecular weight excluding hydrogens is 238 g/mol. The third-order valence-corrected chi connectivity index (χ3v) is 1.49. The molecule has 0 saturated heterocycles. The predicted molar refractivity (Wildman–Crippen MR) is 80.2 cm³/mol. The molecule has 0 radical (unpaired) electrons. The van der Waals surface area contributed by atoms with Crippen LogP contribution in [-0.4, -0.2) is 22.7 Å². The Kier molecular flexibility index (Phi) is 15.5. The normalized spacial score (nSPS) is 9.68.